The average molecular weight is 382 g/mol. The molecule has 5 nitrogen and oxygen atoms in total. The van der Waals surface area contributed by atoms with Gasteiger partial charge in [0.05, 0.1) is 21.3 Å². The Balaban J connectivity index is 2.22. The number of hydrogen-bond acceptors (Lipinski definition) is 4. The molecule has 2 rings (SSSR count). The van der Waals surface area contributed by atoms with Gasteiger partial charge in [-0.15, -0.1) is 0 Å². The van der Waals surface area contributed by atoms with Crippen LogP contribution in [0.1, 0.15) is 5.56 Å². The average Bonchev–Trinajstić information content (AvgIpc) is 2.57. The first-order chi connectivity index (χ1) is 12.0. The molecule has 0 fully saturated rings. The van der Waals surface area contributed by atoms with Gasteiger partial charge in [0.25, 0.3) is 0 Å². The Kier molecular flexibility index (Phi) is 6.56. The van der Waals surface area contributed by atoms with Crippen LogP contribution < -0.4 is 19.5 Å². The van der Waals surface area contributed by atoms with Crippen molar-refractivity contribution in [2.75, 3.05) is 26.6 Å². The number of nitrogens with one attached hydrogen (secondary N) is 1. The first-order valence-electron chi connectivity index (χ1n) is 7.22. The van der Waals surface area contributed by atoms with Gasteiger partial charge in [-0.3, -0.25) is 4.79 Å². The summed E-state index contributed by atoms with van der Waals surface area (Å²) in [7, 11) is 4.57. The van der Waals surface area contributed by atoms with Gasteiger partial charge in [0.15, 0.2) is 11.5 Å². The molecular weight excluding hydrogens is 365 g/mol. The Morgan fingerprint density at radius 3 is 2.16 bits per heavy atom. The zero-order valence-electron chi connectivity index (χ0n) is 13.9. The van der Waals surface area contributed by atoms with Crippen molar-refractivity contribution in [3.8, 4) is 17.2 Å². The summed E-state index contributed by atoms with van der Waals surface area (Å²) in [5, 5.41) is 3.57. The fourth-order valence-corrected chi connectivity index (χ4v) is 2.76. The van der Waals surface area contributed by atoms with Crippen molar-refractivity contribution >= 4 is 40.9 Å². The maximum absolute atomic E-state index is 12.1. The summed E-state index contributed by atoms with van der Waals surface area (Å²) in [6.07, 6.45) is 2.99. The van der Waals surface area contributed by atoms with Crippen LogP contribution >= 0.6 is 23.2 Å². The van der Waals surface area contributed by atoms with Gasteiger partial charge in [-0.2, -0.15) is 0 Å². The molecular formula is C18H17Cl2NO4. The predicted molar refractivity (Wildman–Crippen MR) is 100 cm³/mol. The van der Waals surface area contributed by atoms with E-state index in [0.717, 1.165) is 0 Å². The Labute approximate surface area is 156 Å². The molecule has 2 aromatic carbocycles. The molecule has 0 bridgehead atoms. The number of benzene rings is 2. The van der Waals surface area contributed by atoms with Crippen molar-refractivity contribution in [3.63, 3.8) is 0 Å². The summed E-state index contributed by atoms with van der Waals surface area (Å²) in [5.41, 5.74) is 1.17. The van der Waals surface area contributed by atoms with Crippen LogP contribution in [0.15, 0.2) is 36.4 Å². The predicted octanol–water partition coefficient (Wildman–Crippen LogP) is 4.67. The molecule has 25 heavy (non-hydrogen) atoms. The van der Waals surface area contributed by atoms with Gasteiger partial charge in [0, 0.05) is 27.4 Å². The molecule has 1 amide bonds. The van der Waals surface area contributed by atoms with Gasteiger partial charge in [-0.25, -0.2) is 0 Å². The number of methoxy groups -OCH3 is 3. The van der Waals surface area contributed by atoms with E-state index >= 15 is 0 Å². The smallest absolute Gasteiger partial charge is 0.248 e. The summed E-state index contributed by atoms with van der Waals surface area (Å²) in [5.74, 6) is 1.12. The Bertz CT molecular complexity index is 786. The molecule has 0 heterocycles. The lowest BCUT2D eigenvalue weighted by atomic mass is 10.1. The Morgan fingerprint density at radius 1 is 0.960 bits per heavy atom. The van der Waals surface area contributed by atoms with Gasteiger partial charge < -0.3 is 19.5 Å². The van der Waals surface area contributed by atoms with Crippen LogP contribution in [0.2, 0.25) is 10.0 Å². The van der Waals surface area contributed by atoms with Crippen molar-refractivity contribution in [2.45, 2.75) is 0 Å². The van der Waals surface area contributed by atoms with E-state index in [-0.39, 0.29) is 5.91 Å². The van der Waals surface area contributed by atoms with Crippen LogP contribution in [0.5, 0.6) is 17.2 Å². The summed E-state index contributed by atoms with van der Waals surface area (Å²) in [6.45, 7) is 0. The number of halogens is 2. The van der Waals surface area contributed by atoms with E-state index in [2.05, 4.69) is 5.32 Å². The molecule has 0 aliphatic rings. The topological polar surface area (TPSA) is 56.8 Å². The highest BCUT2D eigenvalue weighted by molar-refractivity contribution is 6.35. The zero-order valence-corrected chi connectivity index (χ0v) is 15.4. The molecule has 0 saturated heterocycles. The number of hydrogen-bond donors (Lipinski definition) is 1. The minimum absolute atomic E-state index is 0.338. The third kappa shape index (κ3) is 4.81. The van der Waals surface area contributed by atoms with Crippen LogP contribution in [0, 0.1) is 0 Å². The van der Waals surface area contributed by atoms with Gasteiger partial charge >= 0.3 is 0 Å². The largest absolute Gasteiger partial charge is 0.493 e. The molecule has 0 atom stereocenters. The van der Waals surface area contributed by atoms with Crippen molar-refractivity contribution in [1.29, 1.82) is 0 Å². The van der Waals surface area contributed by atoms with Crippen molar-refractivity contribution in [1.82, 2.24) is 0 Å². The highest BCUT2D eigenvalue weighted by atomic mass is 35.5. The fourth-order valence-electron chi connectivity index (χ4n) is 2.23. The normalized spacial score (nSPS) is 10.6. The number of amides is 1. The maximum Gasteiger partial charge on any atom is 0.248 e. The molecule has 0 spiro atoms. The number of carbonyl (C=O) groups is 1. The number of ether oxygens (including phenoxy) is 3. The van der Waals surface area contributed by atoms with E-state index < -0.39 is 0 Å². The maximum atomic E-state index is 12.1. The van der Waals surface area contributed by atoms with Crippen LogP contribution in [0.4, 0.5) is 5.69 Å². The van der Waals surface area contributed by atoms with Gasteiger partial charge in [0.1, 0.15) is 0 Å². The van der Waals surface area contributed by atoms with Gasteiger partial charge in [-0.05, 0) is 36.4 Å². The van der Waals surface area contributed by atoms with Gasteiger partial charge in [0.2, 0.25) is 11.7 Å². The molecule has 0 aromatic heterocycles. The molecule has 0 aliphatic heterocycles. The second-order valence-electron chi connectivity index (χ2n) is 4.90. The quantitative estimate of drug-likeness (QED) is 0.738. The first kappa shape index (κ1) is 19.0. The first-order valence-corrected chi connectivity index (χ1v) is 7.98. The summed E-state index contributed by atoms with van der Waals surface area (Å²) in [4.78, 5) is 12.1. The van der Waals surface area contributed by atoms with Crippen LogP contribution in [-0.2, 0) is 4.79 Å². The minimum Gasteiger partial charge on any atom is -0.493 e. The van der Waals surface area contributed by atoms with E-state index in [4.69, 9.17) is 37.4 Å². The highest BCUT2D eigenvalue weighted by Crippen LogP contribution is 2.40. The molecule has 0 unspecified atom stereocenters. The Hall–Kier alpha value is -2.37. The fraction of sp³-hybridized carbons (Fsp3) is 0.167. The van der Waals surface area contributed by atoms with Crippen LogP contribution in [0.25, 0.3) is 6.08 Å². The van der Waals surface area contributed by atoms with E-state index in [1.165, 1.54) is 27.4 Å². The zero-order chi connectivity index (χ0) is 18.4. The number of anilines is 1. The number of rotatable bonds is 6. The molecule has 132 valence electrons. The Morgan fingerprint density at radius 2 is 1.60 bits per heavy atom. The molecule has 2 aromatic rings. The summed E-state index contributed by atoms with van der Waals surface area (Å²) in [6, 6.07) is 8.30. The van der Waals surface area contributed by atoms with E-state index in [9.17, 15) is 4.79 Å². The van der Waals surface area contributed by atoms with Crippen molar-refractivity contribution in [3.05, 3.63) is 52.0 Å². The lowest BCUT2D eigenvalue weighted by molar-refractivity contribution is -0.111. The molecule has 7 heteroatoms. The third-order valence-corrected chi connectivity index (χ3v) is 3.72. The minimum atomic E-state index is -0.338. The van der Waals surface area contributed by atoms with E-state index in [0.29, 0.717) is 38.5 Å². The second kappa shape index (κ2) is 8.65. The van der Waals surface area contributed by atoms with Crippen molar-refractivity contribution in [2.24, 2.45) is 0 Å². The summed E-state index contributed by atoms with van der Waals surface area (Å²) >= 11 is 11.8. The number of carbonyl (C=O) groups excluding carboxylic acids is 1. The molecule has 0 aliphatic carbocycles. The van der Waals surface area contributed by atoms with E-state index in [1.807, 2.05) is 0 Å². The van der Waals surface area contributed by atoms with E-state index in [1.54, 1.807) is 36.4 Å². The summed E-state index contributed by atoms with van der Waals surface area (Å²) < 4.78 is 15.9. The SMILES string of the molecule is COc1ccc(/C=C/C(=O)Nc2cc(Cl)cc(Cl)c2)c(OC)c1OC. The van der Waals surface area contributed by atoms with Crippen molar-refractivity contribution < 1.29 is 19.0 Å². The van der Waals surface area contributed by atoms with Gasteiger partial charge in [-0.1, -0.05) is 23.2 Å². The van der Waals surface area contributed by atoms with Crippen LogP contribution in [-0.4, -0.2) is 27.2 Å². The second-order valence-corrected chi connectivity index (χ2v) is 5.78. The molecule has 0 radical (unpaired) electrons. The lowest BCUT2D eigenvalue weighted by Gasteiger charge is -2.14. The van der Waals surface area contributed by atoms with Crippen LogP contribution in [0.3, 0.4) is 0 Å². The highest BCUT2D eigenvalue weighted by Gasteiger charge is 2.14. The monoisotopic (exact) mass is 381 g/mol. The molecule has 0 saturated carbocycles. The molecule has 1 N–H and O–H groups in total. The lowest BCUT2D eigenvalue weighted by Crippen LogP contribution is -2.07. The third-order valence-electron chi connectivity index (χ3n) is 3.28. The standard InChI is InChI=1S/C18H17Cl2NO4/c1-23-15-6-4-11(17(24-2)18(15)25-3)5-7-16(22)21-14-9-12(19)8-13(20)10-14/h4-10H,1-3H3,(H,21,22)/b7-5+.